The Hall–Kier alpha value is -1.66. The molecule has 0 spiro atoms. The lowest BCUT2D eigenvalue weighted by Gasteiger charge is -2.19. The first-order chi connectivity index (χ1) is 9.55. The van der Waals surface area contributed by atoms with Crippen molar-refractivity contribution in [1.29, 1.82) is 0 Å². The lowest BCUT2D eigenvalue weighted by atomic mass is 10.00. The zero-order chi connectivity index (χ0) is 14.2. The highest BCUT2D eigenvalue weighted by Gasteiger charge is 2.30. The molecular formula is C14H10F3NOS. The number of fused-ring (bicyclic) bond motifs is 1. The molecule has 2 aromatic rings. The fourth-order valence-corrected chi connectivity index (χ4v) is 2.62. The van der Waals surface area contributed by atoms with Gasteiger partial charge in [-0.1, -0.05) is 30.3 Å². The Morgan fingerprint density at radius 3 is 2.50 bits per heavy atom. The van der Waals surface area contributed by atoms with Gasteiger partial charge in [-0.15, -0.1) is 0 Å². The molecule has 1 N–H and O–H groups in total. The largest absolute Gasteiger partial charge is 0.416 e. The Morgan fingerprint density at radius 2 is 1.80 bits per heavy atom. The van der Waals surface area contributed by atoms with Gasteiger partial charge in [0.05, 0.1) is 5.56 Å². The smallest absolute Gasteiger partial charge is 0.409 e. The molecule has 0 aliphatic carbocycles. The maximum atomic E-state index is 12.6. The molecule has 1 aliphatic heterocycles. The Kier molecular flexibility index (Phi) is 3.35. The minimum atomic E-state index is -4.31. The lowest BCUT2D eigenvalue weighted by Crippen LogP contribution is -2.12. The second-order valence-corrected chi connectivity index (χ2v) is 4.98. The number of benzene rings is 2. The van der Waals surface area contributed by atoms with Gasteiger partial charge in [0.15, 0.2) is 5.75 Å². The summed E-state index contributed by atoms with van der Waals surface area (Å²) in [6.45, 7) is 0.661. The molecule has 2 aromatic carbocycles. The van der Waals surface area contributed by atoms with Gasteiger partial charge in [-0.25, -0.2) is 4.72 Å². The van der Waals surface area contributed by atoms with Crippen molar-refractivity contribution in [3.05, 3.63) is 53.6 Å². The maximum absolute atomic E-state index is 12.6. The average molecular weight is 297 g/mol. The number of halogens is 3. The molecule has 6 heteroatoms. The molecule has 0 saturated heterocycles. The first kappa shape index (κ1) is 13.3. The van der Waals surface area contributed by atoms with E-state index >= 15 is 0 Å². The summed E-state index contributed by atoms with van der Waals surface area (Å²) in [7, 11) is 0. The van der Waals surface area contributed by atoms with E-state index in [1.165, 1.54) is 12.1 Å². The third-order valence-corrected chi connectivity index (χ3v) is 3.58. The molecule has 0 atom stereocenters. The third kappa shape index (κ3) is 2.48. The van der Waals surface area contributed by atoms with E-state index in [1.54, 1.807) is 0 Å². The fraction of sp³-hybridized carbons (Fsp3) is 0.143. The van der Waals surface area contributed by atoms with Crippen LogP contribution in [0.15, 0.2) is 42.5 Å². The zero-order valence-electron chi connectivity index (χ0n) is 10.2. The highest BCUT2D eigenvalue weighted by molar-refractivity contribution is 7.93. The summed E-state index contributed by atoms with van der Waals surface area (Å²) in [5, 5.41) is 0. The molecule has 1 heterocycles. The van der Waals surface area contributed by atoms with E-state index in [9.17, 15) is 13.2 Å². The monoisotopic (exact) mass is 297 g/mol. The van der Waals surface area contributed by atoms with Crippen molar-refractivity contribution in [2.24, 2.45) is 0 Å². The molecule has 0 bridgehead atoms. The second kappa shape index (κ2) is 5.03. The molecule has 0 unspecified atom stereocenters. The standard InChI is InChI=1S/C14H10F3NOS/c15-14(16,17)11-6-4-9(5-7-11)12-3-1-2-10-8-18-20-19-13(10)12/h1-7,18H,8H2. The van der Waals surface area contributed by atoms with Crippen LogP contribution in [-0.2, 0) is 12.7 Å². The predicted molar refractivity (Wildman–Crippen MR) is 71.9 cm³/mol. The van der Waals surface area contributed by atoms with Gasteiger partial charge in [-0.2, -0.15) is 13.2 Å². The van der Waals surface area contributed by atoms with Crippen LogP contribution in [0.5, 0.6) is 5.75 Å². The zero-order valence-corrected chi connectivity index (χ0v) is 11.0. The van der Waals surface area contributed by atoms with Crippen molar-refractivity contribution in [1.82, 2.24) is 4.72 Å². The van der Waals surface area contributed by atoms with Crippen LogP contribution in [-0.4, -0.2) is 0 Å². The number of nitrogens with one attached hydrogen (secondary N) is 1. The summed E-state index contributed by atoms with van der Waals surface area (Å²) in [4.78, 5) is 0. The highest BCUT2D eigenvalue weighted by Crippen LogP contribution is 2.38. The summed E-state index contributed by atoms with van der Waals surface area (Å²) in [6.07, 6.45) is -4.31. The SMILES string of the molecule is FC(F)(F)c1ccc(-c2cccc3c2OSNC3)cc1. The average Bonchev–Trinajstić information content (AvgIpc) is 2.46. The number of alkyl halides is 3. The summed E-state index contributed by atoms with van der Waals surface area (Å²) >= 11 is 1.12. The molecular weight excluding hydrogens is 287 g/mol. The number of para-hydroxylation sites is 1. The van der Waals surface area contributed by atoms with E-state index in [1.807, 2.05) is 18.2 Å². The summed E-state index contributed by atoms with van der Waals surface area (Å²) in [5.74, 6) is 0.705. The molecule has 2 nitrogen and oxygen atoms in total. The van der Waals surface area contributed by atoms with Gasteiger partial charge in [0, 0.05) is 17.7 Å². The van der Waals surface area contributed by atoms with E-state index in [0.717, 1.165) is 35.5 Å². The van der Waals surface area contributed by atoms with Crippen molar-refractivity contribution >= 4 is 12.2 Å². The van der Waals surface area contributed by atoms with Crippen LogP contribution in [0, 0.1) is 0 Å². The molecule has 1 aliphatic rings. The van der Waals surface area contributed by atoms with Crippen molar-refractivity contribution in [2.45, 2.75) is 12.7 Å². The third-order valence-electron chi connectivity index (χ3n) is 3.07. The van der Waals surface area contributed by atoms with Gasteiger partial charge in [0.25, 0.3) is 0 Å². The minimum absolute atomic E-state index is 0.650. The highest BCUT2D eigenvalue weighted by atomic mass is 32.2. The van der Waals surface area contributed by atoms with Gasteiger partial charge in [-0.3, -0.25) is 0 Å². The van der Waals surface area contributed by atoms with Gasteiger partial charge in [0.2, 0.25) is 0 Å². The Bertz CT molecular complexity index is 625. The van der Waals surface area contributed by atoms with Crippen LogP contribution in [0.2, 0.25) is 0 Å². The first-order valence-corrected chi connectivity index (χ1v) is 6.66. The first-order valence-electron chi connectivity index (χ1n) is 5.91. The van der Waals surface area contributed by atoms with E-state index in [-0.39, 0.29) is 0 Å². The second-order valence-electron chi connectivity index (χ2n) is 4.36. The number of hydrogen-bond acceptors (Lipinski definition) is 3. The van der Waals surface area contributed by atoms with Crippen LogP contribution in [0.25, 0.3) is 11.1 Å². The maximum Gasteiger partial charge on any atom is 0.416 e. The van der Waals surface area contributed by atoms with Crippen LogP contribution < -0.4 is 8.91 Å². The summed E-state index contributed by atoms with van der Waals surface area (Å²) < 4.78 is 46.2. The van der Waals surface area contributed by atoms with Crippen molar-refractivity contribution in [3.63, 3.8) is 0 Å². The number of hydrogen-bond donors (Lipinski definition) is 1. The molecule has 0 aromatic heterocycles. The number of rotatable bonds is 1. The summed E-state index contributed by atoms with van der Waals surface area (Å²) in [6, 6.07) is 10.7. The van der Waals surface area contributed by atoms with Crippen LogP contribution in [0.1, 0.15) is 11.1 Å². The fourth-order valence-electron chi connectivity index (χ4n) is 2.07. The summed E-state index contributed by atoms with van der Waals surface area (Å²) in [5.41, 5.74) is 1.84. The molecule has 0 saturated carbocycles. The van der Waals surface area contributed by atoms with Gasteiger partial charge >= 0.3 is 6.18 Å². The van der Waals surface area contributed by atoms with Crippen molar-refractivity contribution in [2.75, 3.05) is 0 Å². The van der Waals surface area contributed by atoms with Gasteiger partial charge in [0.1, 0.15) is 12.2 Å². The normalized spacial score (nSPS) is 14.6. The van der Waals surface area contributed by atoms with Crippen LogP contribution in [0.4, 0.5) is 13.2 Å². The minimum Gasteiger partial charge on any atom is -0.409 e. The molecule has 104 valence electrons. The van der Waals surface area contributed by atoms with Crippen LogP contribution in [0.3, 0.4) is 0 Å². The molecule has 3 rings (SSSR count). The van der Waals surface area contributed by atoms with Gasteiger partial charge in [-0.05, 0) is 17.7 Å². The quantitative estimate of drug-likeness (QED) is 0.622. The van der Waals surface area contributed by atoms with E-state index in [0.29, 0.717) is 17.9 Å². The Balaban J connectivity index is 2.01. The van der Waals surface area contributed by atoms with E-state index in [4.69, 9.17) is 4.18 Å². The topological polar surface area (TPSA) is 21.3 Å². The van der Waals surface area contributed by atoms with Crippen LogP contribution >= 0.6 is 12.2 Å². The Morgan fingerprint density at radius 1 is 1.05 bits per heavy atom. The molecule has 0 fully saturated rings. The van der Waals surface area contributed by atoms with E-state index in [2.05, 4.69) is 4.72 Å². The van der Waals surface area contributed by atoms with Gasteiger partial charge < -0.3 is 4.18 Å². The Labute approximate surface area is 118 Å². The lowest BCUT2D eigenvalue weighted by molar-refractivity contribution is -0.137. The van der Waals surface area contributed by atoms with E-state index < -0.39 is 11.7 Å². The molecule has 20 heavy (non-hydrogen) atoms. The predicted octanol–water partition coefficient (Wildman–Crippen LogP) is 4.42. The molecule has 0 amide bonds. The van der Waals surface area contributed by atoms with Crippen molar-refractivity contribution in [3.8, 4) is 16.9 Å². The molecule has 0 radical (unpaired) electrons. The van der Waals surface area contributed by atoms with Crippen molar-refractivity contribution < 1.29 is 17.4 Å².